The summed E-state index contributed by atoms with van der Waals surface area (Å²) < 4.78 is 255. The molecule has 21 heteroatoms. The summed E-state index contributed by atoms with van der Waals surface area (Å²) >= 11 is 0. The molecule has 0 bridgehead atoms. The molecule has 6 aromatic carbocycles. The third-order valence-corrected chi connectivity index (χ3v) is 14.7. The van der Waals surface area contributed by atoms with Crippen LogP contribution in [-0.2, 0) is 68.1 Å². The van der Waals surface area contributed by atoms with Crippen LogP contribution in [0.3, 0.4) is 0 Å². The number of benzene rings is 6. The molecule has 0 saturated heterocycles. The zero-order chi connectivity index (χ0) is 46.4. The molecule has 64 heavy (non-hydrogen) atoms. The SMILES string of the molecule is O=S(=O)(O)c1c(C(F)(F)F)cc2c(c1C(c1c3c(cc(C(F)(F)F)c1S(=O)(=O)O)-c1ccccc1C3)c1c3c(cc(C(F)(F)F)c1S(=O)(=O)O)-c1ccccc1C3)Cc1ccccc1-2. The predicted molar refractivity (Wildman–Crippen MR) is 209 cm³/mol. The van der Waals surface area contributed by atoms with Crippen molar-refractivity contribution < 1.29 is 78.4 Å². The lowest BCUT2D eigenvalue weighted by molar-refractivity contribution is -0.140. The summed E-state index contributed by atoms with van der Waals surface area (Å²) in [6.45, 7) is 0. The summed E-state index contributed by atoms with van der Waals surface area (Å²) in [5.41, 5.74) is -14.3. The Bertz CT molecular complexity index is 3050. The van der Waals surface area contributed by atoms with E-state index in [2.05, 4.69) is 0 Å². The van der Waals surface area contributed by atoms with Crippen LogP contribution in [0.5, 0.6) is 0 Å². The summed E-state index contributed by atoms with van der Waals surface area (Å²) in [7, 11) is -19.2. The van der Waals surface area contributed by atoms with Crippen LogP contribution >= 0.6 is 0 Å². The number of halogens is 9. The van der Waals surface area contributed by atoms with Gasteiger partial charge >= 0.3 is 18.5 Å². The smallest absolute Gasteiger partial charge is 0.282 e. The fourth-order valence-electron chi connectivity index (χ4n) is 9.66. The van der Waals surface area contributed by atoms with E-state index in [-0.39, 0.29) is 51.6 Å². The molecule has 0 unspecified atom stereocenters. The molecule has 0 aromatic heterocycles. The van der Waals surface area contributed by atoms with Crippen LogP contribution in [0.1, 0.15) is 72.7 Å². The molecule has 6 aromatic rings. The summed E-state index contributed by atoms with van der Waals surface area (Å²) in [6, 6.07) is 16.9. The Morgan fingerprint density at radius 3 is 0.844 bits per heavy atom. The van der Waals surface area contributed by atoms with Gasteiger partial charge in [0.2, 0.25) is 0 Å². The minimum absolute atomic E-state index is 0.0572. The van der Waals surface area contributed by atoms with E-state index in [1.54, 1.807) is 0 Å². The van der Waals surface area contributed by atoms with E-state index in [1.165, 1.54) is 72.8 Å². The molecule has 3 aliphatic rings. The van der Waals surface area contributed by atoms with Gasteiger partial charge in [0.05, 0.1) is 16.7 Å². The maximum atomic E-state index is 15.5. The predicted octanol–water partition coefficient (Wildman–Crippen LogP) is 10.4. The number of rotatable bonds is 6. The second-order valence-corrected chi connectivity index (χ2v) is 19.5. The van der Waals surface area contributed by atoms with Crippen LogP contribution in [0.2, 0.25) is 0 Å². The third-order valence-electron chi connectivity index (χ3n) is 11.9. The molecule has 0 radical (unpaired) electrons. The average Bonchev–Trinajstić information content (AvgIpc) is 3.86. The van der Waals surface area contributed by atoms with Crippen LogP contribution in [-0.4, -0.2) is 38.9 Å². The highest BCUT2D eigenvalue weighted by Gasteiger charge is 2.51. The zero-order valence-corrected chi connectivity index (χ0v) is 34.2. The summed E-state index contributed by atoms with van der Waals surface area (Å²) in [5.74, 6) is -3.15. The van der Waals surface area contributed by atoms with E-state index in [4.69, 9.17) is 0 Å². The highest BCUT2D eigenvalue weighted by atomic mass is 32.2. The Labute approximate surface area is 357 Å². The van der Waals surface area contributed by atoms with Crippen molar-refractivity contribution in [1.82, 2.24) is 0 Å². The van der Waals surface area contributed by atoms with E-state index in [9.17, 15) is 38.9 Å². The first-order valence-electron chi connectivity index (χ1n) is 18.6. The first-order chi connectivity index (χ1) is 29.6. The van der Waals surface area contributed by atoms with Gasteiger partial charge in [-0.1, -0.05) is 72.8 Å². The normalized spacial score (nSPS) is 14.6. The second kappa shape index (κ2) is 14.0. The standard InChI is InChI=1S/C43H25F9O9S3/c44-41(45,46)31-16-25-22-10-4-1-7-19(22)13-28(25)34(38(31)62(53,54)55)37(35-29-14-20-8-2-5-11-23(20)26(29)17-32(42(47,48)49)39(35)63(56,57)58)36-30-15-21-9-3-6-12-24(21)27(30)18-33(43(50,51)52)40(36)64(59,60)61/h1-12,16-18,37H,13-15H2,(H,53,54,55)(H,56,57,58)(H,59,60,61). The summed E-state index contributed by atoms with van der Waals surface area (Å²) in [5, 5.41) is 0. The highest BCUT2D eigenvalue weighted by molar-refractivity contribution is 7.86. The first-order valence-corrected chi connectivity index (χ1v) is 22.9. The van der Waals surface area contributed by atoms with Gasteiger partial charge in [-0.05, 0) is 121 Å². The molecule has 9 rings (SSSR count). The van der Waals surface area contributed by atoms with Crippen molar-refractivity contribution in [2.24, 2.45) is 0 Å². The van der Waals surface area contributed by atoms with Gasteiger partial charge in [0.1, 0.15) is 14.7 Å². The highest BCUT2D eigenvalue weighted by Crippen LogP contribution is 2.59. The number of hydrogen-bond donors (Lipinski definition) is 3. The monoisotopic (exact) mass is 952 g/mol. The molecule has 3 N–H and O–H groups in total. The van der Waals surface area contributed by atoms with Crippen molar-refractivity contribution in [2.45, 2.75) is 58.4 Å². The van der Waals surface area contributed by atoms with Crippen LogP contribution in [0, 0.1) is 0 Å². The molecular formula is C43H25F9O9S3. The van der Waals surface area contributed by atoms with E-state index in [0.29, 0.717) is 0 Å². The van der Waals surface area contributed by atoms with E-state index in [1.807, 2.05) is 0 Å². The molecule has 0 atom stereocenters. The Kier molecular flexibility index (Phi) is 9.52. The van der Waals surface area contributed by atoms with Gasteiger partial charge < -0.3 is 0 Å². The van der Waals surface area contributed by atoms with Crippen molar-refractivity contribution in [2.75, 3.05) is 0 Å². The second-order valence-electron chi connectivity index (χ2n) is 15.4. The van der Waals surface area contributed by atoms with E-state index in [0.717, 1.165) is 0 Å². The molecule has 3 aliphatic carbocycles. The fraction of sp³-hybridized carbons (Fsp3) is 0.163. The maximum Gasteiger partial charge on any atom is 0.417 e. The first kappa shape index (κ1) is 43.7. The summed E-state index contributed by atoms with van der Waals surface area (Å²) in [4.78, 5) is -6.49. The van der Waals surface area contributed by atoms with Crippen molar-refractivity contribution in [3.05, 3.63) is 158 Å². The fourth-order valence-corrected chi connectivity index (χ4v) is 12.6. The Hall–Kier alpha value is -5.58. The molecule has 0 spiro atoms. The quantitative estimate of drug-likeness (QED) is 0.0836. The molecule has 0 fully saturated rings. The van der Waals surface area contributed by atoms with E-state index >= 15 is 39.5 Å². The van der Waals surface area contributed by atoms with Crippen molar-refractivity contribution in [1.29, 1.82) is 0 Å². The van der Waals surface area contributed by atoms with Gasteiger partial charge in [-0.25, -0.2) is 0 Å². The van der Waals surface area contributed by atoms with Gasteiger partial charge in [0.25, 0.3) is 30.4 Å². The van der Waals surface area contributed by atoms with Crippen LogP contribution in [0.15, 0.2) is 106 Å². The van der Waals surface area contributed by atoms with Crippen molar-refractivity contribution in [3.63, 3.8) is 0 Å². The number of alkyl halides is 9. The van der Waals surface area contributed by atoms with Crippen molar-refractivity contribution >= 4 is 30.4 Å². The van der Waals surface area contributed by atoms with Gasteiger partial charge in [-0.3, -0.25) is 13.7 Å². The lowest BCUT2D eigenvalue weighted by Crippen LogP contribution is -2.26. The lowest BCUT2D eigenvalue weighted by Gasteiger charge is -2.33. The average molecular weight is 953 g/mol. The lowest BCUT2D eigenvalue weighted by atomic mass is 9.75. The van der Waals surface area contributed by atoms with Crippen LogP contribution < -0.4 is 0 Å². The maximum absolute atomic E-state index is 15.5. The van der Waals surface area contributed by atoms with Gasteiger partial charge in [-0.2, -0.15) is 64.8 Å². The Balaban J connectivity index is 1.65. The number of fused-ring (bicyclic) bond motifs is 9. The molecule has 332 valence electrons. The van der Waals surface area contributed by atoms with Crippen LogP contribution in [0.4, 0.5) is 39.5 Å². The minimum atomic E-state index is -6.41. The molecule has 0 saturated carbocycles. The molecule has 9 nitrogen and oxygen atoms in total. The molecular weight excluding hydrogens is 928 g/mol. The minimum Gasteiger partial charge on any atom is -0.282 e. The van der Waals surface area contributed by atoms with E-state index < -0.39 is 156 Å². The van der Waals surface area contributed by atoms with Crippen molar-refractivity contribution in [3.8, 4) is 33.4 Å². The topological polar surface area (TPSA) is 163 Å². The summed E-state index contributed by atoms with van der Waals surface area (Å²) in [6.07, 6.45) is -19.5. The number of hydrogen-bond acceptors (Lipinski definition) is 6. The largest absolute Gasteiger partial charge is 0.417 e. The van der Waals surface area contributed by atoms with Crippen LogP contribution in [0.25, 0.3) is 33.4 Å². The molecule has 0 heterocycles. The van der Waals surface area contributed by atoms with Gasteiger partial charge in [0, 0.05) is 5.92 Å². The zero-order valence-electron chi connectivity index (χ0n) is 31.8. The Morgan fingerprint density at radius 2 is 0.625 bits per heavy atom. The van der Waals surface area contributed by atoms with Gasteiger partial charge in [0.15, 0.2) is 0 Å². The van der Waals surface area contributed by atoms with Gasteiger partial charge in [-0.15, -0.1) is 0 Å². The molecule has 0 aliphatic heterocycles. The third kappa shape index (κ3) is 6.82. The Morgan fingerprint density at radius 1 is 0.391 bits per heavy atom. The molecule has 0 amide bonds.